The van der Waals surface area contributed by atoms with Gasteiger partial charge in [-0.3, -0.25) is 4.79 Å². The summed E-state index contributed by atoms with van der Waals surface area (Å²) >= 11 is 0. The van der Waals surface area contributed by atoms with E-state index in [9.17, 15) is 4.79 Å². The van der Waals surface area contributed by atoms with E-state index in [4.69, 9.17) is 0 Å². The molecule has 1 N–H and O–H groups in total. The summed E-state index contributed by atoms with van der Waals surface area (Å²) in [6.07, 6.45) is 2.61. The summed E-state index contributed by atoms with van der Waals surface area (Å²) in [5, 5.41) is 3.28. The molecule has 2 nitrogen and oxygen atoms in total. The Morgan fingerprint density at radius 3 is 2.44 bits per heavy atom. The fraction of sp³-hybridized carbons (Fsp3) is 0.462. The molecule has 1 fully saturated rings. The van der Waals surface area contributed by atoms with Gasteiger partial charge in [-0.25, -0.2) is 0 Å². The normalized spacial score (nSPS) is 16.5. The first-order valence-electron chi connectivity index (χ1n) is 5.63. The third kappa shape index (κ3) is 3.62. The number of carbonyl (C=O) groups excluding carboxylic acids is 1. The summed E-state index contributed by atoms with van der Waals surface area (Å²) in [4.78, 5) is 11.9. The van der Waals surface area contributed by atoms with E-state index in [0.717, 1.165) is 31.5 Å². The summed E-state index contributed by atoms with van der Waals surface area (Å²) in [6, 6.07) is 10.0. The third-order valence-corrected chi connectivity index (χ3v) is 3.02. The van der Waals surface area contributed by atoms with Gasteiger partial charge in [0, 0.05) is 12.3 Å². The van der Waals surface area contributed by atoms with Crippen LogP contribution in [0.1, 0.15) is 18.4 Å². The molecule has 0 spiro atoms. The summed E-state index contributed by atoms with van der Waals surface area (Å²) in [7, 11) is 0. The van der Waals surface area contributed by atoms with Gasteiger partial charge in [-0.05, 0) is 31.5 Å². The fourth-order valence-electron chi connectivity index (χ4n) is 2.09. The van der Waals surface area contributed by atoms with Crippen LogP contribution in [0.2, 0.25) is 0 Å². The van der Waals surface area contributed by atoms with Gasteiger partial charge in [-0.15, -0.1) is 12.4 Å². The standard InChI is InChI=1S/C13H17NO.ClH/c15-13(12-6-8-14-9-7-12)10-11-4-2-1-3-5-11;/h1-5,12,14H,6-10H2;1H. The van der Waals surface area contributed by atoms with Gasteiger partial charge in [-0.1, -0.05) is 30.3 Å². The second kappa shape index (κ2) is 6.66. The van der Waals surface area contributed by atoms with Crippen LogP contribution in [-0.4, -0.2) is 18.9 Å². The molecule has 1 aromatic rings. The molecular weight excluding hydrogens is 222 g/mol. The largest absolute Gasteiger partial charge is 0.317 e. The highest BCUT2D eigenvalue weighted by Crippen LogP contribution is 2.15. The number of nitrogens with one attached hydrogen (secondary N) is 1. The Morgan fingerprint density at radius 1 is 1.19 bits per heavy atom. The van der Waals surface area contributed by atoms with E-state index in [2.05, 4.69) is 5.32 Å². The van der Waals surface area contributed by atoms with E-state index < -0.39 is 0 Å². The Labute approximate surface area is 103 Å². The number of rotatable bonds is 3. The Hall–Kier alpha value is -0.860. The SMILES string of the molecule is Cl.O=C(Cc1ccccc1)C1CCNCC1. The lowest BCUT2D eigenvalue weighted by Gasteiger charge is -2.21. The smallest absolute Gasteiger partial charge is 0.140 e. The van der Waals surface area contributed by atoms with E-state index >= 15 is 0 Å². The topological polar surface area (TPSA) is 29.1 Å². The monoisotopic (exact) mass is 239 g/mol. The van der Waals surface area contributed by atoms with Crippen LogP contribution in [0, 0.1) is 5.92 Å². The highest BCUT2D eigenvalue weighted by atomic mass is 35.5. The molecule has 1 heterocycles. The van der Waals surface area contributed by atoms with E-state index in [0.29, 0.717) is 12.2 Å². The summed E-state index contributed by atoms with van der Waals surface area (Å²) in [6.45, 7) is 1.98. The zero-order valence-corrected chi connectivity index (χ0v) is 10.1. The van der Waals surface area contributed by atoms with E-state index in [1.807, 2.05) is 30.3 Å². The first-order chi connectivity index (χ1) is 7.36. The Balaban J connectivity index is 0.00000128. The van der Waals surface area contributed by atoms with Crippen LogP contribution < -0.4 is 5.32 Å². The van der Waals surface area contributed by atoms with Gasteiger partial charge < -0.3 is 5.32 Å². The van der Waals surface area contributed by atoms with Crippen LogP contribution in [-0.2, 0) is 11.2 Å². The summed E-state index contributed by atoms with van der Waals surface area (Å²) in [5.41, 5.74) is 1.14. The number of hydrogen-bond acceptors (Lipinski definition) is 2. The predicted molar refractivity (Wildman–Crippen MR) is 68.0 cm³/mol. The third-order valence-electron chi connectivity index (χ3n) is 3.02. The molecule has 2 rings (SSSR count). The second-order valence-electron chi connectivity index (χ2n) is 4.15. The minimum Gasteiger partial charge on any atom is -0.317 e. The summed E-state index contributed by atoms with van der Waals surface area (Å²) in [5.74, 6) is 0.689. The van der Waals surface area contributed by atoms with Crippen molar-refractivity contribution in [2.45, 2.75) is 19.3 Å². The lowest BCUT2D eigenvalue weighted by atomic mass is 9.90. The molecule has 16 heavy (non-hydrogen) atoms. The molecule has 0 aromatic heterocycles. The number of piperidine rings is 1. The van der Waals surface area contributed by atoms with Gasteiger partial charge in [0.25, 0.3) is 0 Å². The van der Waals surface area contributed by atoms with Crippen LogP contribution in [0.25, 0.3) is 0 Å². The van der Waals surface area contributed by atoms with E-state index in [1.54, 1.807) is 0 Å². The van der Waals surface area contributed by atoms with Gasteiger partial charge in [0.2, 0.25) is 0 Å². The van der Waals surface area contributed by atoms with E-state index in [-0.39, 0.29) is 18.3 Å². The molecule has 1 saturated heterocycles. The maximum Gasteiger partial charge on any atom is 0.140 e. The van der Waals surface area contributed by atoms with Crippen LogP contribution in [0.3, 0.4) is 0 Å². The van der Waals surface area contributed by atoms with Crippen molar-refractivity contribution in [3.8, 4) is 0 Å². The second-order valence-corrected chi connectivity index (χ2v) is 4.15. The molecule has 0 bridgehead atoms. The van der Waals surface area contributed by atoms with Crippen molar-refractivity contribution in [1.29, 1.82) is 0 Å². The maximum atomic E-state index is 11.9. The average Bonchev–Trinajstić information content (AvgIpc) is 2.31. The van der Waals surface area contributed by atoms with Crippen LogP contribution >= 0.6 is 12.4 Å². The summed E-state index contributed by atoms with van der Waals surface area (Å²) < 4.78 is 0. The number of ketones is 1. The van der Waals surface area contributed by atoms with Gasteiger partial charge in [0.1, 0.15) is 5.78 Å². The molecule has 0 unspecified atom stereocenters. The minimum atomic E-state index is 0. The zero-order chi connectivity index (χ0) is 10.5. The first-order valence-corrected chi connectivity index (χ1v) is 5.63. The van der Waals surface area contributed by atoms with Crippen LogP contribution in [0.15, 0.2) is 30.3 Å². The number of hydrogen-bond donors (Lipinski definition) is 1. The highest BCUT2D eigenvalue weighted by molar-refractivity contribution is 5.85. The molecular formula is C13H18ClNO. The number of carbonyl (C=O) groups is 1. The van der Waals surface area contributed by atoms with Gasteiger partial charge in [-0.2, -0.15) is 0 Å². The Kier molecular flexibility index (Phi) is 5.50. The number of Topliss-reactive ketones (excluding diaryl/α,β-unsaturated/α-hetero) is 1. The van der Waals surface area contributed by atoms with Crippen LogP contribution in [0.4, 0.5) is 0 Å². The molecule has 0 aliphatic carbocycles. The number of halogens is 1. The van der Waals surface area contributed by atoms with Crippen molar-refractivity contribution >= 4 is 18.2 Å². The van der Waals surface area contributed by atoms with Crippen molar-refractivity contribution in [2.75, 3.05) is 13.1 Å². The average molecular weight is 240 g/mol. The molecule has 88 valence electrons. The lowest BCUT2D eigenvalue weighted by molar-refractivity contribution is -0.122. The van der Waals surface area contributed by atoms with Gasteiger partial charge in [0.05, 0.1) is 0 Å². The fourth-order valence-corrected chi connectivity index (χ4v) is 2.09. The van der Waals surface area contributed by atoms with Crippen molar-refractivity contribution < 1.29 is 4.79 Å². The lowest BCUT2D eigenvalue weighted by Crippen LogP contribution is -2.32. The van der Waals surface area contributed by atoms with Crippen molar-refractivity contribution in [1.82, 2.24) is 5.32 Å². The quantitative estimate of drug-likeness (QED) is 0.877. The predicted octanol–water partition coefficient (Wildman–Crippen LogP) is 2.22. The van der Waals surface area contributed by atoms with Crippen molar-refractivity contribution in [3.05, 3.63) is 35.9 Å². The molecule has 0 atom stereocenters. The molecule has 1 aliphatic rings. The van der Waals surface area contributed by atoms with Crippen molar-refractivity contribution in [3.63, 3.8) is 0 Å². The minimum absolute atomic E-state index is 0. The van der Waals surface area contributed by atoms with Gasteiger partial charge >= 0.3 is 0 Å². The molecule has 3 heteroatoms. The number of benzene rings is 1. The molecule has 1 aliphatic heterocycles. The zero-order valence-electron chi connectivity index (χ0n) is 9.32. The Morgan fingerprint density at radius 2 is 1.81 bits per heavy atom. The molecule has 1 aromatic carbocycles. The highest BCUT2D eigenvalue weighted by Gasteiger charge is 2.20. The van der Waals surface area contributed by atoms with Crippen molar-refractivity contribution in [2.24, 2.45) is 5.92 Å². The maximum absolute atomic E-state index is 11.9. The van der Waals surface area contributed by atoms with Gasteiger partial charge in [0.15, 0.2) is 0 Å². The van der Waals surface area contributed by atoms with Crippen LogP contribution in [0.5, 0.6) is 0 Å². The molecule has 0 radical (unpaired) electrons. The molecule has 0 amide bonds. The molecule has 0 saturated carbocycles. The Bertz CT molecular complexity index is 320. The van der Waals surface area contributed by atoms with E-state index in [1.165, 1.54) is 0 Å². The first kappa shape index (κ1) is 13.2.